The molecule has 3 amide bonds. The van der Waals surface area contributed by atoms with Crippen LogP contribution < -0.4 is 21.4 Å². The van der Waals surface area contributed by atoms with Crippen molar-refractivity contribution >= 4 is 17.9 Å². The zero-order chi connectivity index (χ0) is 25.8. The van der Waals surface area contributed by atoms with Crippen LogP contribution in [0.2, 0.25) is 0 Å². The van der Waals surface area contributed by atoms with Crippen molar-refractivity contribution < 1.29 is 29.4 Å². The summed E-state index contributed by atoms with van der Waals surface area (Å²) in [6.45, 7) is 4.67. The van der Waals surface area contributed by atoms with Crippen molar-refractivity contribution in [2.75, 3.05) is 13.1 Å². The van der Waals surface area contributed by atoms with Crippen molar-refractivity contribution in [3.8, 4) is 11.8 Å². The minimum absolute atomic E-state index is 0.207. The summed E-state index contributed by atoms with van der Waals surface area (Å²) in [4.78, 5) is 36.2. The number of aliphatic hydroxyl groups excluding tert-OH is 1. The number of benzene rings is 2. The SMILES string of the molecule is CC(C)(C)OC(=O)NC[C@H](O)NC[C@H](NC(=O)c1ccc(C#Cc2ccccc2)cc1)C(=O)NO. The predicted molar refractivity (Wildman–Crippen MR) is 128 cm³/mol. The van der Waals surface area contributed by atoms with Crippen LogP contribution in [-0.2, 0) is 9.53 Å². The maximum atomic E-state index is 12.6. The van der Waals surface area contributed by atoms with Gasteiger partial charge < -0.3 is 20.5 Å². The van der Waals surface area contributed by atoms with E-state index in [1.165, 1.54) is 5.48 Å². The van der Waals surface area contributed by atoms with Gasteiger partial charge in [0.15, 0.2) is 0 Å². The number of aliphatic hydroxyl groups is 1. The monoisotopic (exact) mass is 482 g/mol. The molecule has 186 valence electrons. The van der Waals surface area contributed by atoms with Crippen molar-refractivity contribution in [2.45, 2.75) is 38.6 Å². The first-order valence-corrected chi connectivity index (χ1v) is 10.9. The molecule has 0 spiro atoms. The summed E-state index contributed by atoms with van der Waals surface area (Å²) in [6, 6.07) is 14.7. The molecule has 0 aliphatic rings. The number of hydroxylamine groups is 1. The van der Waals surface area contributed by atoms with Gasteiger partial charge in [0.25, 0.3) is 11.8 Å². The van der Waals surface area contributed by atoms with Gasteiger partial charge in [0.2, 0.25) is 0 Å². The molecule has 2 aromatic rings. The van der Waals surface area contributed by atoms with E-state index in [2.05, 4.69) is 27.8 Å². The van der Waals surface area contributed by atoms with E-state index in [1.807, 2.05) is 30.3 Å². The molecule has 10 heteroatoms. The van der Waals surface area contributed by atoms with Crippen molar-refractivity contribution in [3.05, 3.63) is 71.3 Å². The molecule has 0 bridgehead atoms. The van der Waals surface area contributed by atoms with Gasteiger partial charge in [-0.15, -0.1) is 0 Å². The van der Waals surface area contributed by atoms with Crippen LogP contribution in [0.15, 0.2) is 54.6 Å². The highest BCUT2D eigenvalue weighted by Crippen LogP contribution is 2.07. The van der Waals surface area contributed by atoms with E-state index in [0.717, 1.165) is 5.56 Å². The van der Waals surface area contributed by atoms with Gasteiger partial charge in [0.05, 0.1) is 6.54 Å². The van der Waals surface area contributed by atoms with Crippen LogP contribution in [0.4, 0.5) is 4.79 Å². The molecule has 2 aromatic carbocycles. The Hall–Kier alpha value is -3.91. The molecule has 0 fully saturated rings. The first kappa shape index (κ1) is 27.3. The zero-order valence-electron chi connectivity index (χ0n) is 19.8. The summed E-state index contributed by atoms with van der Waals surface area (Å²) in [7, 11) is 0. The lowest BCUT2D eigenvalue weighted by Crippen LogP contribution is -2.54. The highest BCUT2D eigenvalue weighted by Gasteiger charge is 2.22. The number of carbonyl (C=O) groups excluding carboxylic acids is 3. The average Bonchev–Trinajstić information content (AvgIpc) is 2.83. The third kappa shape index (κ3) is 10.3. The van der Waals surface area contributed by atoms with Crippen molar-refractivity contribution in [2.24, 2.45) is 0 Å². The molecular weight excluding hydrogens is 452 g/mol. The zero-order valence-corrected chi connectivity index (χ0v) is 19.8. The highest BCUT2D eigenvalue weighted by atomic mass is 16.6. The lowest BCUT2D eigenvalue weighted by atomic mass is 10.1. The Morgan fingerprint density at radius 1 is 0.943 bits per heavy atom. The highest BCUT2D eigenvalue weighted by molar-refractivity contribution is 5.97. The predicted octanol–water partition coefficient (Wildman–Crippen LogP) is 1.12. The molecule has 35 heavy (non-hydrogen) atoms. The fourth-order valence-electron chi connectivity index (χ4n) is 2.72. The maximum Gasteiger partial charge on any atom is 0.407 e. The van der Waals surface area contributed by atoms with E-state index >= 15 is 0 Å². The Balaban J connectivity index is 1.91. The second-order valence-corrected chi connectivity index (χ2v) is 8.50. The van der Waals surface area contributed by atoms with Crippen LogP contribution in [-0.4, -0.2) is 59.2 Å². The number of rotatable bonds is 8. The molecule has 6 N–H and O–H groups in total. The first-order chi connectivity index (χ1) is 16.6. The maximum absolute atomic E-state index is 12.6. The van der Waals surface area contributed by atoms with E-state index in [1.54, 1.807) is 45.0 Å². The molecule has 10 nitrogen and oxygen atoms in total. The fourth-order valence-corrected chi connectivity index (χ4v) is 2.72. The van der Waals surface area contributed by atoms with Crippen molar-refractivity contribution in [1.29, 1.82) is 0 Å². The summed E-state index contributed by atoms with van der Waals surface area (Å²) < 4.78 is 5.07. The lowest BCUT2D eigenvalue weighted by molar-refractivity contribution is -0.131. The average molecular weight is 483 g/mol. The molecule has 0 unspecified atom stereocenters. The largest absolute Gasteiger partial charge is 0.444 e. The van der Waals surface area contributed by atoms with Crippen LogP contribution >= 0.6 is 0 Å². The van der Waals surface area contributed by atoms with Crippen LogP contribution in [0.1, 0.15) is 42.3 Å². The van der Waals surface area contributed by atoms with Crippen molar-refractivity contribution in [3.63, 3.8) is 0 Å². The minimum atomic E-state index is -1.24. The quantitative estimate of drug-likeness (QED) is 0.143. The molecule has 0 aromatic heterocycles. The number of hydrogen-bond acceptors (Lipinski definition) is 7. The molecule has 0 radical (unpaired) electrons. The lowest BCUT2D eigenvalue weighted by Gasteiger charge is -2.22. The Labute approximate surface area is 204 Å². The standard InChI is InChI=1S/C25H30N4O6/c1-25(2,3)35-24(33)27-16-21(30)26-15-20(23(32)29-34)28-22(31)19-13-11-18(12-14-19)10-9-17-7-5-4-6-8-17/h4-8,11-14,20-21,26,30,34H,15-16H2,1-3H3,(H,27,33)(H,28,31)(H,29,32)/t20-,21-/m0/s1. The molecule has 0 aliphatic carbocycles. The van der Waals surface area contributed by atoms with E-state index in [9.17, 15) is 19.5 Å². The summed E-state index contributed by atoms with van der Waals surface area (Å²) >= 11 is 0. The Kier molecular flexibility index (Phi) is 10.2. The Morgan fingerprint density at radius 2 is 1.54 bits per heavy atom. The van der Waals surface area contributed by atoms with Crippen molar-refractivity contribution in [1.82, 2.24) is 21.4 Å². The van der Waals surface area contributed by atoms with E-state index in [4.69, 9.17) is 9.94 Å². The number of alkyl carbamates (subject to hydrolysis) is 1. The van der Waals surface area contributed by atoms with Gasteiger partial charge in [-0.25, -0.2) is 10.3 Å². The summed E-state index contributed by atoms with van der Waals surface area (Å²) in [6.07, 6.45) is -1.95. The molecular formula is C25H30N4O6. The van der Waals surface area contributed by atoms with Gasteiger partial charge in [-0.2, -0.15) is 0 Å². The van der Waals surface area contributed by atoms with Crippen LogP contribution in [0, 0.1) is 11.8 Å². The summed E-state index contributed by atoms with van der Waals surface area (Å²) in [5, 5.41) is 26.5. The second-order valence-electron chi connectivity index (χ2n) is 8.50. The number of hydrogen-bond donors (Lipinski definition) is 6. The Bertz CT molecular complexity index is 1060. The molecule has 0 saturated heterocycles. The molecule has 0 saturated carbocycles. The van der Waals surface area contributed by atoms with Crippen LogP contribution in [0.25, 0.3) is 0 Å². The number of nitrogens with one attached hydrogen (secondary N) is 4. The number of amides is 3. The van der Waals surface area contributed by atoms with Gasteiger partial charge in [0.1, 0.15) is 17.9 Å². The minimum Gasteiger partial charge on any atom is -0.444 e. The normalized spacial score (nSPS) is 12.4. The van der Waals surface area contributed by atoms with Crippen LogP contribution in [0.5, 0.6) is 0 Å². The Morgan fingerprint density at radius 3 is 2.11 bits per heavy atom. The third-order valence-corrected chi connectivity index (χ3v) is 4.40. The number of carbonyl (C=O) groups is 3. The molecule has 0 heterocycles. The van der Waals surface area contributed by atoms with E-state index in [0.29, 0.717) is 5.56 Å². The van der Waals surface area contributed by atoms with Gasteiger partial charge >= 0.3 is 6.09 Å². The van der Waals surface area contributed by atoms with E-state index in [-0.39, 0.29) is 18.7 Å². The summed E-state index contributed by atoms with van der Waals surface area (Å²) in [5.74, 6) is 4.58. The second kappa shape index (κ2) is 13.1. The molecule has 2 atom stereocenters. The van der Waals surface area contributed by atoms with Gasteiger partial charge in [-0.3, -0.25) is 20.1 Å². The van der Waals surface area contributed by atoms with Gasteiger partial charge in [0, 0.05) is 23.2 Å². The van der Waals surface area contributed by atoms with E-state index < -0.39 is 35.8 Å². The fraction of sp³-hybridized carbons (Fsp3) is 0.320. The van der Waals surface area contributed by atoms with Gasteiger partial charge in [-0.05, 0) is 57.2 Å². The topological polar surface area (TPSA) is 149 Å². The smallest absolute Gasteiger partial charge is 0.407 e. The first-order valence-electron chi connectivity index (χ1n) is 10.9. The molecule has 2 rings (SSSR count). The van der Waals surface area contributed by atoms with Crippen LogP contribution in [0.3, 0.4) is 0 Å². The van der Waals surface area contributed by atoms with Gasteiger partial charge in [-0.1, -0.05) is 30.0 Å². The third-order valence-electron chi connectivity index (χ3n) is 4.40. The molecule has 0 aliphatic heterocycles. The summed E-state index contributed by atoms with van der Waals surface area (Å²) in [5.41, 5.74) is 2.63. The number of ether oxygens (including phenoxy) is 1.